The Morgan fingerprint density at radius 2 is 2.06 bits per heavy atom. The zero-order valence-electron chi connectivity index (χ0n) is 11.2. The highest BCUT2D eigenvalue weighted by molar-refractivity contribution is 4.90. The summed E-state index contributed by atoms with van der Waals surface area (Å²) in [5, 5.41) is 3.56. The van der Waals surface area contributed by atoms with Crippen LogP contribution in [0.4, 0.5) is 0 Å². The molecule has 2 fully saturated rings. The molecule has 0 bridgehead atoms. The fourth-order valence-corrected chi connectivity index (χ4v) is 3.66. The van der Waals surface area contributed by atoms with Gasteiger partial charge in [0, 0.05) is 18.6 Å². The van der Waals surface area contributed by atoms with Gasteiger partial charge in [0.15, 0.2) is 0 Å². The van der Waals surface area contributed by atoms with Crippen LogP contribution in [0.2, 0.25) is 0 Å². The summed E-state index contributed by atoms with van der Waals surface area (Å²) in [5.41, 5.74) is 0. The Labute approximate surface area is 101 Å². The number of likely N-dealkylation sites (N-methyl/N-ethyl adjacent to an activating group) is 1. The number of hydrogen-bond donors (Lipinski definition) is 1. The van der Waals surface area contributed by atoms with Crippen molar-refractivity contribution in [3.63, 3.8) is 0 Å². The van der Waals surface area contributed by atoms with Gasteiger partial charge < -0.3 is 5.32 Å². The second-order valence-electron chi connectivity index (χ2n) is 5.98. The van der Waals surface area contributed by atoms with Gasteiger partial charge in [0.2, 0.25) is 0 Å². The summed E-state index contributed by atoms with van der Waals surface area (Å²) in [7, 11) is 2.36. The first-order valence-corrected chi connectivity index (χ1v) is 7.15. The molecule has 1 aliphatic heterocycles. The lowest BCUT2D eigenvalue weighted by Gasteiger charge is -2.39. The molecule has 2 heteroatoms. The molecule has 1 saturated carbocycles. The molecule has 0 amide bonds. The smallest absolute Gasteiger partial charge is 0.0260 e. The molecule has 1 aliphatic carbocycles. The van der Waals surface area contributed by atoms with Gasteiger partial charge in [-0.1, -0.05) is 33.1 Å². The summed E-state index contributed by atoms with van der Waals surface area (Å²) >= 11 is 0. The topological polar surface area (TPSA) is 15.3 Å². The van der Waals surface area contributed by atoms with Crippen LogP contribution in [-0.4, -0.2) is 37.1 Å². The standard InChI is InChI=1S/C14H28N2/c1-4-12-9-15-10-14(12)16(3)13-7-5-6-11(2)8-13/h11-15H,4-10H2,1-3H3. The molecule has 0 radical (unpaired) electrons. The average Bonchev–Trinajstić information content (AvgIpc) is 2.76. The Hall–Kier alpha value is -0.0800. The van der Waals surface area contributed by atoms with Crippen molar-refractivity contribution in [2.24, 2.45) is 11.8 Å². The predicted octanol–water partition coefficient (Wildman–Crippen LogP) is 2.49. The van der Waals surface area contributed by atoms with E-state index in [-0.39, 0.29) is 0 Å². The van der Waals surface area contributed by atoms with E-state index in [4.69, 9.17) is 0 Å². The fraction of sp³-hybridized carbons (Fsp3) is 1.00. The summed E-state index contributed by atoms with van der Waals surface area (Å²) in [5.74, 6) is 1.82. The largest absolute Gasteiger partial charge is 0.315 e. The van der Waals surface area contributed by atoms with Crippen molar-refractivity contribution in [1.82, 2.24) is 10.2 Å². The number of nitrogens with zero attached hydrogens (tertiary/aromatic N) is 1. The molecule has 2 aliphatic rings. The van der Waals surface area contributed by atoms with Crippen LogP contribution in [0.25, 0.3) is 0 Å². The fourth-order valence-electron chi connectivity index (χ4n) is 3.66. The molecule has 2 nitrogen and oxygen atoms in total. The van der Waals surface area contributed by atoms with Gasteiger partial charge >= 0.3 is 0 Å². The Morgan fingerprint density at radius 3 is 2.75 bits per heavy atom. The molecule has 0 aromatic rings. The normalized spacial score (nSPS) is 40.5. The Bertz CT molecular complexity index is 217. The predicted molar refractivity (Wildman–Crippen MR) is 69.6 cm³/mol. The first-order valence-electron chi connectivity index (χ1n) is 7.15. The van der Waals surface area contributed by atoms with Crippen molar-refractivity contribution < 1.29 is 0 Å². The van der Waals surface area contributed by atoms with E-state index in [1.165, 1.54) is 45.2 Å². The molecule has 4 atom stereocenters. The summed E-state index contributed by atoms with van der Waals surface area (Å²) in [6.07, 6.45) is 7.05. The second-order valence-corrected chi connectivity index (χ2v) is 5.98. The van der Waals surface area contributed by atoms with E-state index in [1.54, 1.807) is 0 Å². The van der Waals surface area contributed by atoms with Crippen molar-refractivity contribution in [1.29, 1.82) is 0 Å². The van der Waals surface area contributed by atoms with Crippen LogP contribution in [0.1, 0.15) is 46.0 Å². The van der Waals surface area contributed by atoms with Crippen molar-refractivity contribution in [3.8, 4) is 0 Å². The van der Waals surface area contributed by atoms with E-state index in [2.05, 4.69) is 31.1 Å². The molecule has 1 heterocycles. The van der Waals surface area contributed by atoms with Gasteiger partial charge in [0.25, 0.3) is 0 Å². The first-order chi connectivity index (χ1) is 7.72. The number of nitrogens with one attached hydrogen (secondary N) is 1. The molecule has 1 N–H and O–H groups in total. The van der Waals surface area contributed by atoms with Crippen molar-refractivity contribution >= 4 is 0 Å². The van der Waals surface area contributed by atoms with Crippen LogP contribution in [0.5, 0.6) is 0 Å². The molecule has 16 heavy (non-hydrogen) atoms. The Morgan fingerprint density at radius 1 is 1.25 bits per heavy atom. The minimum atomic E-state index is 0.792. The second kappa shape index (κ2) is 5.50. The molecule has 0 spiro atoms. The lowest BCUT2D eigenvalue weighted by Crippen LogP contribution is -2.46. The molecular weight excluding hydrogens is 196 g/mol. The molecule has 2 rings (SSSR count). The minimum Gasteiger partial charge on any atom is -0.315 e. The Kier molecular flexibility index (Phi) is 4.26. The summed E-state index contributed by atoms with van der Waals surface area (Å²) in [6, 6.07) is 1.64. The van der Waals surface area contributed by atoms with E-state index in [0.717, 1.165) is 23.9 Å². The van der Waals surface area contributed by atoms with E-state index < -0.39 is 0 Å². The Balaban J connectivity index is 1.92. The maximum absolute atomic E-state index is 3.56. The van der Waals surface area contributed by atoms with Crippen LogP contribution in [0.3, 0.4) is 0 Å². The van der Waals surface area contributed by atoms with Crippen LogP contribution in [0, 0.1) is 11.8 Å². The molecule has 0 aromatic heterocycles. The lowest BCUT2D eigenvalue weighted by molar-refractivity contribution is 0.103. The van der Waals surface area contributed by atoms with E-state index >= 15 is 0 Å². The highest BCUT2D eigenvalue weighted by Crippen LogP contribution is 2.30. The summed E-state index contributed by atoms with van der Waals surface area (Å²) in [6.45, 7) is 7.19. The molecular formula is C14H28N2. The minimum absolute atomic E-state index is 0.792. The van der Waals surface area contributed by atoms with Crippen LogP contribution < -0.4 is 5.32 Å². The van der Waals surface area contributed by atoms with Gasteiger partial charge in [-0.25, -0.2) is 0 Å². The third kappa shape index (κ3) is 2.60. The average molecular weight is 224 g/mol. The van der Waals surface area contributed by atoms with Gasteiger partial charge in [-0.15, -0.1) is 0 Å². The molecule has 94 valence electrons. The number of hydrogen-bond acceptors (Lipinski definition) is 2. The first kappa shape index (κ1) is 12.4. The maximum Gasteiger partial charge on any atom is 0.0260 e. The lowest BCUT2D eigenvalue weighted by atomic mass is 9.85. The van der Waals surface area contributed by atoms with Gasteiger partial charge in [-0.2, -0.15) is 0 Å². The van der Waals surface area contributed by atoms with E-state index in [1.807, 2.05) is 0 Å². The summed E-state index contributed by atoms with van der Waals surface area (Å²) < 4.78 is 0. The number of rotatable bonds is 3. The van der Waals surface area contributed by atoms with Gasteiger partial charge in [-0.3, -0.25) is 4.90 Å². The van der Waals surface area contributed by atoms with Gasteiger partial charge in [0.1, 0.15) is 0 Å². The van der Waals surface area contributed by atoms with Crippen LogP contribution in [-0.2, 0) is 0 Å². The van der Waals surface area contributed by atoms with Gasteiger partial charge in [0.05, 0.1) is 0 Å². The molecule has 4 unspecified atom stereocenters. The van der Waals surface area contributed by atoms with Gasteiger partial charge in [-0.05, 0) is 38.3 Å². The quantitative estimate of drug-likeness (QED) is 0.792. The van der Waals surface area contributed by atoms with Crippen molar-refractivity contribution in [3.05, 3.63) is 0 Å². The van der Waals surface area contributed by atoms with Crippen molar-refractivity contribution in [2.75, 3.05) is 20.1 Å². The third-order valence-electron chi connectivity index (χ3n) is 4.84. The highest BCUT2D eigenvalue weighted by atomic mass is 15.2. The third-order valence-corrected chi connectivity index (χ3v) is 4.84. The zero-order chi connectivity index (χ0) is 11.5. The molecule has 0 aromatic carbocycles. The van der Waals surface area contributed by atoms with Crippen molar-refractivity contribution in [2.45, 2.75) is 58.0 Å². The monoisotopic (exact) mass is 224 g/mol. The van der Waals surface area contributed by atoms with Crippen LogP contribution >= 0.6 is 0 Å². The van der Waals surface area contributed by atoms with Crippen LogP contribution in [0.15, 0.2) is 0 Å². The maximum atomic E-state index is 3.56. The SMILES string of the molecule is CCC1CNCC1N(C)C1CCCC(C)C1. The highest BCUT2D eigenvalue weighted by Gasteiger charge is 2.33. The molecule has 1 saturated heterocycles. The van der Waals surface area contributed by atoms with E-state index in [9.17, 15) is 0 Å². The zero-order valence-corrected chi connectivity index (χ0v) is 11.2. The van der Waals surface area contributed by atoms with E-state index in [0.29, 0.717) is 0 Å². The summed E-state index contributed by atoms with van der Waals surface area (Å²) in [4.78, 5) is 2.70.